The first kappa shape index (κ1) is 25.1. The maximum Gasteiger partial charge on any atom is 0.307 e. The summed E-state index contributed by atoms with van der Waals surface area (Å²) in [4.78, 5) is 12.3. The Bertz CT molecular complexity index is 1120. The van der Waals surface area contributed by atoms with E-state index in [1.165, 1.54) is 36.7 Å². The van der Waals surface area contributed by atoms with Crippen molar-refractivity contribution in [2.45, 2.75) is 37.6 Å². The number of hydrogen-bond acceptors (Lipinski definition) is 7. The van der Waals surface area contributed by atoms with Crippen LogP contribution in [0.15, 0.2) is 35.2 Å². The van der Waals surface area contributed by atoms with Crippen LogP contribution < -0.4 is 14.2 Å². The Morgan fingerprint density at radius 1 is 1.06 bits per heavy atom. The van der Waals surface area contributed by atoms with Crippen LogP contribution in [0.4, 0.5) is 0 Å². The van der Waals surface area contributed by atoms with E-state index in [0.717, 1.165) is 5.56 Å². The van der Waals surface area contributed by atoms with E-state index in [1.54, 1.807) is 6.07 Å². The van der Waals surface area contributed by atoms with Gasteiger partial charge in [0.25, 0.3) is 0 Å². The van der Waals surface area contributed by atoms with Gasteiger partial charge >= 0.3 is 5.97 Å². The van der Waals surface area contributed by atoms with Crippen LogP contribution >= 0.6 is 11.6 Å². The number of halogens is 1. The molecule has 0 saturated carbocycles. The molecule has 0 amide bonds. The van der Waals surface area contributed by atoms with Crippen molar-refractivity contribution in [3.8, 4) is 17.2 Å². The third-order valence-electron chi connectivity index (χ3n) is 5.43. The van der Waals surface area contributed by atoms with E-state index < -0.39 is 22.0 Å². The SMILES string of the molecule is CCOc1cc2c(cc1OCC)C(CC(=O)OC)N(S(=O)(=O)c1ccc(OC)c(Cl)c1)CC2. The lowest BCUT2D eigenvalue weighted by Crippen LogP contribution is -2.41. The van der Waals surface area contributed by atoms with Crippen molar-refractivity contribution in [1.82, 2.24) is 4.31 Å². The Morgan fingerprint density at radius 2 is 1.73 bits per heavy atom. The van der Waals surface area contributed by atoms with Crippen molar-refractivity contribution < 1.29 is 32.2 Å². The Balaban J connectivity index is 2.11. The highest BCUT2D eigenvalue weighted by molar-refractivity contribution is 7.89. The molecule has 0 spiro atoms. The molecule has 180 valence electrons. The van der Waals surface area contributed by atoms with Gasteiger partial charge < -0.3 is 18.9 Å². The second kappa shape index (κ2) is 10.6. The number of sulfonamides is 1. The highest BCUT2D eigenvalue weighted by atomic mass is 35.5. The van der Waals surface area contributed by atoms with Crippen LogP contribution in [0.5, 0.6) is 17.2 Å². The summed E-state index contributed by atoms with van der Waals surface area (Å²) in [6.45, 7) is 4.78. The molecule has 2 aromatic rings. The summed E-state index contributed by atoms with van der Waals surface area (Å²) < 4.78 is 50.0. The molecule has 0 N–H and O–H groups in total. The summed E-state index contributed by atoms with van der Waals surface area (Å²) in [5.41, 5.74) is 1.58. The third-order valence-corrected chi connectivity index (χ3v) is 7.63. The topological polar surface area (TPSA) is 91.4 Å². The Labute approximate surface area is 199 Å². The minimum Gasteiger partial charge on any atom is -0.495 e. The fourth-order valence-electron chi connectivity index (χ4n) is 3.91. The Morgan fingerprint density at radius 3 is 2.30 bits per heavy atom. The lowest BCUT2D eigenvalue weighted by Gasteiger charge is -2.36. The molecule has 33 heavy (non-hydrogen) atoms. The number of hydrogen-bond donors (Lipinski definition) is 0. The molecule has 0 radical (unpaired) electrons. The molecular formula is C23H28ClNO7S. The highest BCUT2D eigenvalue weighted by Crippen LogP contribution is 2.42. The van der Waals surface area contributed by atoms with Gasteiger partial charge in [-0.25, -0.2) is 8.42 Å². The number of rotatable bonds is 9. The number of carbonyl (C=O) groups excluding carboxylic acids is 1. The lowest BCUT2D eigenvalue weighted by atomic mass is 9.91. The molecule has 1 aliphatic heterocycles. The second-order valence-electron chi connectivity index (χ2n) is 7.32. The van der Waals surface area contributed by atoms with Crippen LogP contribution in [0.25, 0.3) is 0 Å². The first-order valence-corrected chi connectivity index (χ1v) is 12.4. The fraction of sp³-hybridized carbons (Fsp3) is 0.435. The zero-order valence-electron chi connectivity index (χ0n) is 19.1. The quantitative estimate of drug-likeness (QED) is 0.483. The van der Waals surface area contributed by atoms with Crippen LogP contribution in [0, 0.1) is 0 Å². The molecule has 2 aromatic carbocycles. The maximum absolute atomic E-state index is 13.6. The number of fused-ring (bicyclic) bond motifs is 1. The minimum absolute atomic E-state index is 0.0163. The molecule has 0 aromatic heterocycles. The first-order chi connectivity index (χ1) is 15.8. The normalized spacial score (nSPS) is 16.1. The fourth-order valence-corrected chi connectivity index (χ4v) is 5.86. The number of ether oxygens (including phenoxy) is 4. The molecule has 0 aliphatic carbocycles. The molecule has 1 unspecified atom stereocenters. The van der Waals surface area contributed by atoms with Gasteiger partial charge in [-0.2, -0.15) is 4.31 Å². The zero-order chi connectivity index (χ0) is 24.2. The van der Waals surface area contributed by atoms with Gasteiger partial charge in [0.2, 0.25) is 10.0 Å². The standard InChI is InChI=1S/C23H28ClNO7S/c1-5-31-21-11-15-9-10-25(33(27,28)16-7-8-20(29-3)18(24)12-16)19(14-23(26)30-4)17(15)13-22(21)32-6-2/h7-8,11-13,19H,5-6,9-10,14H2,1-4H3. The largest absolute Gasteiger partial charge is 0.495 e. The minimum atomic E-state index is -3.99. The summed E-state index contributed by atoms with van der Waals surface area (Å²) in [6, 6.07) is 7.15. The van der Waals surface area contributed by atoms with Crippen molar-refractivity contribution in [1.29, 1.82) is 0 Å². The molecule has 1 aliphatic rings. The van der Waals surface area contributed by atoms with Gasteiger partial charge in [0.15, 0.2) is 11.5 Å². The van der Waals surface area contributed by atoms with Crippen LogP contribution in [0.3, 0.4) is 0 Å². The van der Waals surface area contributed by atoms with Crippen molar-refractivity contribution in [3.05, 3.63) is 46.5 Å². The van der Waals surface area contributed by atoms with Crippen LogP contribution in [-0.2, 0) is 26.0 Å². The van der Waals surface area contributed by atoms with Crippen molar-refractivity contribution in [2.75, 3.05) is 34.0 Å². The number of methoxy groups -OCH3 is 2. The number of nitrogens with zero attached hydrogens (tertiary/aromatic N) is 1. The molecule has 0 fully saturated rings. The molecule has 1 heterocycles. The van der Waals surface area contributed by atoms with Crippen LogP contribution in [0.1, 0.15) is 37.4 Å². The van der Waals surface area contributed by atoms with Crippen molar-refractivity contribution in [3.63, 3.8) is 0 Å². The van der Waals surface area contributed by atoms with Crippen molar-refractivity contribution >= 4 is 27.6 Å². The third kappa shape index (κ3) is 5.20. The van der Waals surface area contributed by atoms with Gasteiger partial charge in [-0.05, 0) is 61.7 Å². The van der Waals surface area contributed by atoms with E-state index in [4.69, 9.17) is 30.5 Å². The van der Waals surface area contributed by atoms with Gasteiger partial charge in [0.05, 0.1) is 49.8 Å². The summed E-state index contributed by atoms with van der Waals surface area (Å²) in [5, 5.41) is 0.181. The van der Waals surface area contributed by atoms with Gasteiger partial charge in [0, 0.05) is 6.54 Å². The highest BCUT2D eigenvalue weighted by Gasteiger charge is 2.39. The summed E-state index contributed by atoms with van der Waals surface area (Å²) in [6.07, 6.45) is 0.300. The molecule has 10 heteroatoms. The predicted octanol–water partition coefficient (Wildman–Crippen LogP) is 4.00. The van der Waals surface area contributed by atoms with E-state index in [2.05, 4.69) is 0 Å². The number of esters is 1. The van der Waals surface area contributed by atoms with Gasteiger partial charge in [-0.15, -0.1) is 0 Å². The lowest BCUT2D eigenvalue weighted by molar-refractivity contribution is -0.141. The van der Waals surface area contributed by atoms with E-state index in [0.29, 0.717) is 42.4 Å². The van der Waals surface area contributed by atoms with Gasteiger partial charge in [-0.1, -0.05) is 11.6 Å². The summed E-state index contributed by atoms with van der Waals surface area (Å²) in [7, 11) is -1.26. The van der Waals surface area contributed by atoms with Crippen LogP contribution in [0.2, 0.25) is 5.02 Å². The molecular weight excluding hydrogens is 470 g/mol. The first-order valence-electron chi connectivity index (χ1n) is 10.6. The van der Waals surface area contributed by atoms with E-state index in [9.17, 15) is 13.2 Å². The van der Waals surface area contributed by atoms with Gasteiger partial charge in [-0.3, -0.25) is 4.79 Å². The average Bonchev–Trinajstić information content (AvgIpc) is 2.79. The predicted molar refractivity (Wildman–Crippen MR) is 124 cm³/mol. The van der Waals surface area contributed by atoms with Crippen molar-refractivity contribution in [2.24, 2.45) is 0 Å². The number of benzene rings is 2. The monoisotopic (exact) mass is 497 g/mol. The summed E-state index contributed by atoms with van der Waals surface area (Å²) >= 11 is 6.19. The van der Waals surface area contributed by atoms with E-state index in [1.807, 2.05) is 19.9 Å². The van der Waals surface area contributed by atoms with Crippen LogP contribution in [-0.4, -0.2) is 52.7 Å². The smallest absolute Gasteiger partial charge is 0.307 e. The molecule has 0 bridgehead atoms. The Kier molecular flexibility index (Phi) is 8.10. The Hall–Kier alpha value is -2.49. The number of carbonyl (C=O) groups is 1. The maximum atomic E-state index is 13.6. The molecule has 1 atom stereocenters. The average molecular weight is 498 g/mol. The van der Waals surface area contributed by atoms with Gasteiger partial charge in [0.1, 0.15) is 5.75 Å². The van der Waals surface area contributed by atoms with E-state index >= 15 is 0 Å². The molecule has 8 nitrogen and oxygen atoms in total. The molecule has 0 saturated heterocycles. The molecule has 3 rings (SSSR count). The van der Waals surface area contributed by atoms with E-state index in [-0.39, 0.29) is 22.9 Å². The zero-order valence-corrected chi connectivity index (χ0v) is 20.7. The summed E-state index contributed by atoms with van der Waals surface area (Å²) in [5.74, 6) is 0.941. The second-order valence-corrected chi connectivity index (χ2v) is 9.62.